The third kappa shape index (κ3) is 4.84. The summed E-state index contributed by atoms with van der Waals surface area (Å²) in [7, 11) is -2.17. The van der Waals surface area contributed by atoms with E-state index in [1.165, 1.54) is 13.2 Å². The fourth-order valence-electron chi connectivity index (χ4n) is 3.23. The van der Waals surface area contributed by atoms with Gasteiger partial charge >= 0.3 is 11.9 Å². The minimum atomic E-state index is -4.64. The molecule has 0 radical (unpaired) electrons. The highest BCUT2D eigenvalue weighted by Crippen LogP contribution is 2.34. The summed E-state index contributed by atoms with van der Waals surface area (Å²) in [5.41, 5.74) is -1.68. The number of rotatable bonds is 7. The Morgan fingerprint density at radius 3 is 2.52 bits per heavy atom. The molecule has 1 aromatic carbocycles. The summed E-state index contributed by atoms with van der Waals surface area (Å²) in [6.45, 7) is 2.07. The van der Waals surface area contributed by atoms with E-state index in [-0.39, 0.29) is 11.2 Å². The van der Waals surface area contributed by atoms with Gasteiger partial charge in [0.25, 0.3) is 0 Å². The van der Waals surface area contributed by atoms with Crippen molar-refractivity contribution in [3.05, 3.63) is 52.1 Å². The molecule has 0 aliphatic carbocycles. The number of sulfone groups is 1. The monoisotopic (exact) mass is 459 g/mol. The molecular weight excluding hydrogens is 439 g/mol. The highest BCUT2D eigenvalue weighted by molar-refractivity contribution is 7.90. The first-order valence-corrected chi connectivity index (χ1v) is 11.2. The number of nitrogens with one attached hydrogen (secondary N) is 1. The Labute approximate surface area is 175 Å². The van der Waals surface area contributed by atoms with E-state index in [2.05, 4.69) is 9.97 Å². The van der Waals surface area contributed by atoms with Gasteiger partial charge in [-0.3, -0.25) is 4.57 Å². The summed E-state index contributed by atoms with van der Waals surface area (Å²) in [6, 6.07) is 4.35. The second-order valence-corrected chi connectivity index (χ2v) is 9.03. The van der Waals surface area contributed by atoms with Gasteiger partial charge in [-0.15, -0.1) is 0 Å². The number of aromatic amines is 1. The molecule has 2 heterocycles. The summed E-state index contributed by atoms with van der Waals surface area (Å²) in [5.74, 6) is 0.254. The Balaban J connectivity index is 2.23. The number of alkyl halides is 3. The molecule has 0 amide bonds. The van der Waals surface area contributed by atoms with Crippen LogP contribution in [0.3, 0.4) is 0 Å². The Morgan fingerprint density at radius 2 is 1.94 bits per heavy atom. The van der Waals surface area contributed by atoms with E-state index in [0.29, 0.717) is 29.9 Å². The lowest BCUT2D eigenvalue weighted by Gasteiger charge is -2.20. The number of hydrogen-bond donors (Lipinski definition) is 1. The van der Waals surface area contributed by atoms with Gasteiger partial charge in [0.05, 0.1) is 36.6 Å². The minimum absolute atomic E-state index is 0.0968. The molecule has 12 heteroatoms. The van der Waals surface area contributed by atoms with Crippen LogP contribution in [0.5, 0.6) is 11.5 Å². The summed E-state index contributed by atoms with van der Waals surface area (Å²) in [6.07, 6.45) is -3.04. The number of hydrogen-bond acceptors (Lipinski definition) is 6. The maximum Gasteiger partial charge on any atom is 0.417 e. The molecule has 1 atom stereocenters. The molecule has 2 aromatic heterocycles. The van der Waals surface area contributed by atoms with E-state index < -0.39 is 39.1 Å². The van der Waals surface area contributed by atoms with Crippen LogP contribution < -0.4 is 15.2 Å². The normalized spacial score (nSPS) is 13.4. The Morgan fingerprint density at radius 1 is 1.23 bits per heavy atom. The maximum atomic E-state index is 13.0. The molecule has 0 spiro atoms. The Kier molecular flexibility index (Phi) is 6.03. The molecule has 0 aliphatic rings. The molecule has 31 heavy (non-hydrogen) atoms. The number of pyridine rings is 1. The van der Waals surface area contributed by atoms with Crippen molar-refractivity contribution in [1.82, 2.24) is 14.5 Å². The van der Waals surface area contributed by atoms with Crippen molar-refractivity contribution >= 4 is 21.0 Å². The molecule has 1 N–H and O–H groups in total. The first-order chi connectivity index (χ1) is 14.4. The average Bonchev–Trinajstić information content (AvgIpc) is 2.99. The van der Waals surface area contributed by atoms with Crippen molar-refractivity contribution in [2.75, 3.05) is 25.7 Å². The fourth-order valence-corrected chi connectivity index (χ4v) is 4.15. The van der Waals surface area contributed by atoms with Gasteiger partial charge in [-0.2, -0.15) is 13.2 Å². The molecule has 0 aliphatic heterocycles. The molecule has 0 saturated carbocycles. The second-order valence-electron chi connectivity index (χ2n) is 6.84. The molecule has 3 rings (SSSR count). The van der Waals surface area contributed by atoms with Crippen LogP contribution in [0, 0.1) is 0 Å². The Bertz CT molecular complexity index is 1270. The minimum Gasteiger partial charge on any atom is -0.493 e. The number of methoxy groups -OCH3 is 1. The standard InChI is InChI=1S/C19H20F3N3O5S/c1-4-30-16-7-11(5-6-15(16)29-2)14(10-31(3,27)28)25-17-13(24-18(25)26)8-12(9-23-17)19(20,21)22/h5-9,14H,4,10H2,1-3H3,(H,24,26). The van der Waals surface area contributed by atoms with Gasteiger partial charge in [0.1, 0.15) is 9.84 Å². The van der Waals surface area contributed by atoms with Gasteiger partial charge in [0.15, 0.2) is 17.1 Å². The lowest BCUT2D eigenvalue weighted by molar-refractivity contribution is -0.137. The molecule has 0 saturated heterocycles. The van der Waals surface area contributed by atoms with E-state index in [1.54, 1.807) is 19.1 Å². The molecule has 1 unspecified atom stereocenters. The molecule has 168 valence electrons. The van der Waals surface area contributed by atoms with E-state index in [0.717, 1.165) is 16.9 Å². The van der Waals surface area contributed by atoms with Gasteiger partial charge < -0.3 is 14.5 Å². The summed E-state index contributed by atoms with van der Waals surface area (Å²) < 4.78 is 75.1. The number of aromatic nitrogens is 3. The number of H-pyrrole nitrogens is 1. The zero-order valence-corrected chi connectivity index (χ0v) is 17.7. The molecule has 3 aromatic rings. The van der Waals surface area contributed by atoms with Gasteiger partial charge in [0, 0.05) is 12.5 Å². The predicted molar refractivity (Wildman–Crippen MR) is 107 cm³/mol. The largest absolute Gasteiger partial charge is 0.493 e. The van der Waals surface area contributed by atoms with E-state index >= 15 is 0 Å². The van der Waals surface area contributed by atoms with Crippen LogP contribution in [0.15, 0.2) is 35.3 Å². The first-order valence-electron chi connectivity index (χ1n) is 9.10. The van der Waals surface area contributed by atoms with Gasteiger partial charge in [-0.05, 0) is 30.7 Å². The zero-order chi connectivity index (χ0) is 23.0. The number of ether oxygens (including phenoxy) is 2. The predicted octanol–water partition coefficient (Wildman–Crippen LogP) is 2.78. The average molecular weight is 459 g/mol. The number of imidazole rings is 1. The van der Waals surface area contributed by atoms with Gasteiger partial charge in [-0.25, -0.2) is 18.2 Å². The summed E-state index contributed by atoms with van der Waals surface area (Å²) in [5, 5.41) is 0. The summed E-state index contributed by atoms with van der Waals surface area (Å²) >= 11 is 0. The van der Waals surface area contributed by atoms with Crippen LogP contribution in [-0.2, 0) is 16.0 Å². The molecule has 0 bridgehead atoms. The molecule has 8 nitrogen and oxygen atoms in total. The highest BCUT2D eigenvalue weighted by Gasteiger charge is 2.32. The Hall–Kier alpha value is -3.02. The summed E-state index contributed by atoms with van der Waals surface area (Å²) in [4.78, 5) is 18.8. The maximum absolute atomic E-state index is 13.0. The third-order valence-corrected chi connectivity index (χ3v) is 5.45. The number of fused-ring (bicyclic) bond motifs is 1. The van der Waals surface area contributed by atoms with Gasteiger partial charge in [-0.1, -0.05) is 6.07 Å². The number of nitrogens with zero attached hydrogens (tertiary/aromatic N) is 2. The van der Waals surface area contributed by atoms with Crippen molar-refractivity contribution < 1.29 is 31.1 Å². The molecular formula is C19H20F3N3O5S. The van der Waals surface area contributed by atoms with Crippen molar-refractivity contribution in [2.24, 2.45) is 0 Å². The van der Waals surface area contributed by atoms with Gasteiger partial charge in [0.2, 0.25) is 0 Å². The lowest BCUT2D eigenvalue weighted by Crippen LogP contribution is -2.28. The highest BCUT2D eigenvalue weighted by atomic mass is 32.2. The van der Waals surface area contributed by atoms with E-state index in [9.17, 15) is 26.4 Å². The lowest BCUT2D eigenvalue weighted by atomic mass is 10.1. The topological polar surface area (TPSA) is 103 Å². The first kappa shape index (κ1) is 22.7. The van der Waals surface area contributed by atoms with Crippen molar-refractivity contribution in [3.8, 4) is 11.5 Å². The van der Waals surface area contributed by atoms with Crippen LogP contribution in [0.2, 0.25) is 0 Å². The smallest absolute Gasteiger partial charge is 0.417 e. The van der Waals surface area contributed by atoms with E-state index in [1.807, 2.05) is 0 Å². The van der Waals surface area contributed by atoms with Crippen molar-refractivity contribution in [1.29, 1.82) is 0 Å². The fraction of sp³-hybridized carbons (Fsp3) is 0.368. The number of benzene rings is 1. The van der Waals surface area contributed by atoms with Crippen LogP contribution in [0.1, 0.15) is 24.1 Å². The van der Waals surface area contributed by atoms with Crippen molar-refractivity contribution in [2.45, 2.75) is 19.1 Å². The van der Waals surface area contributed by atoms with E-state index in [4.69, 9.17) is 9.47 Å². The third-order valence-electron chi connectivity index (χ3n) is 4.53. The van der Waals surface area contributed by atoms with Crippen LogP contribution >= 0.6 is 0 Å². The zero-order valence-electron chi connectivity index (χ0n) is 16.9. The van der Waals surface area contributed by atoms with Crippen LogP contribution in [0.25, 0.3) is 11.2 Å². The second kappa shape index (κ2) is 8.25. The van der Waals surface area contributed by atoms with Crippen molar-refractivity contribution in [3.63, 3.8) is 0 Å². The van der Waals surface area contributed by atoms with Crippen LogP contribution in [0.4, 0.5) is 13.2 Å². The quantitative estimate of drug-likeness (QED) is 0.583. The molecule has 0 fully saturated rings. The van der Waals surface area contributed by atoms with Crippen LogP contribution in [-0.4, -0.2) is 48.7 Å². The number of halogens is 3. The SMILES string of the molecule is CCOc1cc(C(CS(C)(=O)=O)n2c(=O)[nH]c3cc(C(F)(F)F)cnc32)ccc1OC.